The van der Waals surface area contributed by atoms with Gasteiger partial charge in [0.2, 0.25) is 0 Å². The summed E-state index contributed by atoms with van der Waals surface area (Å²) in [6.07, 6.45) is 3.37. The van der Waals surface area contributed by atoms with Crippen molar-refractivity contribution in [3.8, 4) is 0 Å². The Hall–Kier alpha value is -1.84. The number of aromatic amines is 1. The second-order valence-electron chi connectivity index (χ2n) is 5.58. The Kier molecular flexibility index (Phi) is 3.47. The number of carbonyl (C=O) groups excluding carboxylic acids is 1. The van der Waals surface area contributed by atoms with Crippen molar-refractivity contribution < 1.29 is 9.18 Å². The molecule has 1 fully saturated rings. The Morgan fingerprint density at radius 3 is 2.90 bits per heavy atom. The Balaban J connectivity index is 1.87. The van der Waals surface area contributed by atoms with Crippen molar-refractivity contribution in [3.05, 3.63) is 35.8 Å². The van der Waals surface area contributed by atoms with Crippen molar-refractivity contribution in [2.45, 2.75) is 26.2 Å². The van der Waals surface area contributed by atoms with Crippen LogP contribution in [0.3, 0.4) is 0 Å². The molecule has 0 aliphatic heterocycles. The molecule has 0 saturated heterocycles. The van der Waals surface area contributed by atoms with Gasteiger partial charge in [-0.25, -0.2) is 4.39 Å². The number of rotatable bonds is 5. The van der Waals surface area contributed by atoms with Crippen LogP contribution in [0.25, 0.3) is 10.9 Å². The van der Waals surface area contributed by atoms with Crippen LogP contribution in [-0.4, -0.2) is 28.9 Å². The minimum atomic E-state index is -0.290. The number of hydrogen-bond donors (Lipinski definition) is 1. The summed E-state index contributed by atoms with van der Waals surface area (Å²) in [6.45, 7) is 3.65. The van der Waals surface area contributed by atoms with Crippen molar-refractivity contribution in [2.75, 3.05) is 13.1 Å². The van der Waals surface area contributed by atoms with Crippen LogP contribution in [0.15, 0.2) is 24.3 Å². The minimum Gasteiger partial charge on any atom is -0.350 e. The number of amides is 1. The summed E-state index contributed by atoms with van der Waals surface area (Å²) in [5.41, 5.74) is 1.16. The van der Waals surface area contributed by atoms with E-state index in [1.165, 1.54) is 18.9 Å². The molecule has 1 heterocycles. The number of fused-ring (bicyclic) bond motifs is 1. The van der Waals surface area contributed by atoms with Crippen molar-refractivity contribution in [1.29, 1.82) is 0 Å². The normalized spacial score (nSPS) is 14.7. The van der Waals surface area contributed by atoms with Gasteiger partial charge in [0.1, 0.15) is 11.5 Å². The number of benzene rings is 1. The van der Waals surface area contributed by atoms with Gasteiger partial charge in [0.15, 0.2) is 0 Å². The lowest BCUT2D eigenvalue weighted by atomic mass is 10.2. The van der Waals surface area contributed by atoms with Crippen LogP contribution in [0, 0.1) is 11.7 Å². The molecule has 3 nitrogen and oxygen atoms in total. The third kappa shape index (κ3) is 2.55. The van der Waals surface area contributed by atoms with Gasteiger partial charge < -0.3 is 9.88 Å². The summed E-state index contributed by atoms with van der Waals surface area (Å²) in [4.78, 5) is 17.5. The molecule has 1 aliphatic rings. The number of nitrogens with zero attached hydrogens (tertiary/aromatic N) is 1. The average molecular weight is 274 g/mol. The van der Waals surface area contributed by atoms with Gasteiger partial charge in [-0.05, 0) is 43.4 Å². The lowest BCUT2D eigenvalue weighted by Gasteiger charge is -2.21. The van der Waals surface area contributed by atoms with Crippen LogP contribution in [0.4, 0.5) is 4.39 Å². The number of aromatic nitrogens is 1. The SMILES string of the molecule is CCCN(CC1CC1)C(=O)c1cc2c(F)cccc2[nH]1. The van der Waals surface area contributed by atoms with E-state index in [1.54, 1.807) is 18.2 Å². The predicted molar refractivity (Wildman–Crippen MR) is 77.2 cm³/mol. The van der Waals surface area contributed by atoms with E-state index in [4.69, 9.17) is 0 Å². The van der Waals surface area contributed by atoms with Crippen molar-refractivity contribution >= 4 is 16.8 Å². The minimum absolute atomic E-state index is 0.0191. The van der Waals surface area contributed by atoms with Gasteiger partial charge in [0, 0.05) is 24.0 Å². The first kappa shape index (κ1) is 13.2. The molecule has 1 aromatic heterocycles. The molecule has 1 aliphatic carbocycles. The lowest BCUT2D eigenvalue weighted by Crippen LogP contribution is -2.33. The van der Waals surface area contributed by atoms with Gasteiger partial charge in [-0.15, -0.1) is 0 Å². The van der Waals surface area contributed by atoms with E-state index < -0.39 is 0 Å². The molecular weight excluding hydrogens is 255 g/mol. The molecule has 1 N–H and O–H groups in total. The van der Waals surface area contributed by atoms with Crippen LogP contribution in [-0.2, 0) is 0 Å². The second kappa shape index (κ2) is 5.27. The fourth-order valence-electron chi connectivity index (χ4n) is 2.56. The van der Waals surface area contributed by atoms with Gasteiger partial charge in [0.25, 0.3) is 5.91 Å². The Bertz CT molecular complexity index is 630. The van der Waals surface area contributed by atoms with E-state index in [9.17, 15) is 9.18 Å². The maximum Gasteiger partial charge on any atom is 0.270 e. The Morgan fingerprint density at radius 1 is 1.45 bits per heavy atom. The van der Waals surface area contributed by atoms with Gasteiger partial charge in [0.05, 0.1) is 0 Å². The fraction of sp³-hybridized carbons (Fsp3) is 0.438. The van der Waals surface area contributed by atoms with E-state index in [0.29, 0.717) is 22.5 Å². The van der Waals surface area contributed by atoms with Crippen LogP contribution in [0.5, 0.6) is 0 Å². The first-order valence-corrected chi connectivity index (χ1v) is 7.25. The molecule has 1 aromatic carbocycles. The van der Waals surface area contributed by atoms with Gasteiger partial charge >= 0.3 is 0 Å². The molecule has 1 amide bonds. The maximum absolute atomic E-state index is 13.7. The molecule has 106 valence electrons. The third-order valence-corrected chi connectivity index (χ3v) is 3.80. The summed E-state index contributed by atoms with van der Waals surface area (Å²) in [6, 6.07) is 6.48. The first-order valence-electron chi connectivity index (χ1n) is 7.25. The fourth-order valence-corrected chi connectivity index (χ4v) is 2.56. The molecule has 0 spiro atoms. The van der Waals surface area contributed by atoms with Crippen LogP contribution >= 0.6 is 0 Å². The highest BCUT2D eigenvalue weighted by atomic mass is 19.1. The zero-order valence-corrected chi connectivity index (χ0v) is 11.7. The van der Waals surface area contributed by atoms with Gasteiger partial charge in [-0.3, -0.25) is 4.79 Å². The summed E-state index contributed by atoms with van der Waals surface area (Å²) in [7, 11) is 0. The standard InChI is InChI=1S/C16H19FN2O/c1-2-8-19(10-11-6-7-11)16(20)15-9-12-13(17)4-3-5-14(12)18-15/h3-5,9,11,18H,2,6-8,10H2,1H3. The van der Waals surface area contributed by atoms with E-state index in [2.05, 4.69) is 11.9 Å². The molecule has 3 rings (SSSR count). The molecule has 4 heteroatoms. The number of H-pyrrole nitrogens is 1. The topological polar surface area (TPSA) is 36.1 Å². The van der Waals surface area contributed by atoms with Crippen LogP contribution in [0.1, 0.15) is 36.7 Å². The summed E-state index contributed by atoms with van der Waals surface area (Å²) in [5.74, 6) is 0.350. The quantitative estimate of drug-likeness (QED) is 0.889. The van der Waals surface area contributed by atoms with Crippen molar-refractivity contribution in [2.24, 2.45) is 5.92 Å². The van der Waals surface area contributed by atoms with Crippen LogP contribution in [0.2, 0.25) is 0 Å². The Morgan fingerprint density at radius 2 is 2.25 bits per heavy atom. The zero-order valence-electron chi connectivity index (χ0n) is 11.7. The first-order chi connectivity index (χ1) is 9.69. The number of carbonyl (C=O) groups is 1. The van der Waals surface area contributed by atoms with Crippen molar-refractivity contribution in [1.82, 2.24) is 9.88 Å². The highest BCUT2D eigenvalue weighted by molar-refractivity contribution is 5.98. The molecule has 0 unspecified atom stereocenters. The summed E-state index contributed by atoms with van der Waals surface area (Å²) < 4.78 is 13.7. The highest BCUT2D eigenvalue weighted by Crippen LogP contribution is 2.30. The van der Waals surface area contributed by atoms with E-state index in [-0.39, 0.29) is 11.7 Å². The number of halogens is 1. The molecular formula is C16H19FN2O. The van der Waals surface area contributed by atoms with Gasteiger partial charge in [-0.2, -0.15) is 0 Å². The Labute approximate surface area is 117 Å². The molecule has 1 saturated carbocycles. The van der Waals surface area contributed by atoms with Crippen molar-refractivity contribution in [3.63, 3.8) is 0 Å². The molecule has 2 aromatic rings. The maximum atomic E-state index is 13.7. The monoisotopic (exact) mass is 274 g/mol. The lowest BCUT2D eigenvalue weighted by molar-refractivity contribution is 0.0743. The van der Waals surface area contributed by atoms with E-state index in [1.807, 2.05) is 4.90 Å². The summed E-state index contributed by atoms with van der Waals surface area (Å²) in [5, 5.41) is 0.485. The number of nitrogens with one attached hydrogen (secondary N) is 1. The van der Waals surface area contributed by atoms with Gasteiger partial charge in [-0.1, -0.05) is 13.0 Å². The summed E-state index contributed by atoms with van der Waals surface area (Å²) >= 11 is 0. The average Bonchev–Trinajstić information content (AvgIpc) is 3.14. The molecule has 0 bridgehead atoms. The predicted octanol–water partition coefficient (Wildman–Crippen LogP) is 3.57. The highest BCUT2D eigenvalue weighted by Gasteiger charge is 2.27. The molecule has 20 heavy (non-hydrogen) atoms. The second-order valence-corrected chi connectivity index (χ2v) is 5.58. The number of hydrogen-bond acceptors (Lipinski definition) is 1. The van der Waals surface area contributed by atoms with Crippen LogP contribution < -0.4 is 0 Å². The van der Waals surface area contributed by atoms with E-state index >= 15 is 0 Å². The smallest absolute Gasteiger partial charge is 0.270 e. The molecule has 0 radical (unpaired) electrons. The zero-order chi connectivity index (χ0) is 14.1. The van der Waals surface area contributed by atoms with E-state index in [0.717, 1.165) is 19.5 Å². The third-order valence-electron chi connectivity index (χ3n) is 3.80. The molecule has 0 atom stereocenters. The largest absolute Gasteiger partial charge is 0.350 e.